The van der Waals surface area contributed by atoms with Gasteiger partial charge in [0.05, 0.1) is 40.2 Å². The van der Waals surface area contributed by atoms with Crippen LogP contribution in [-0.4, -0.2) is 84.0 Å². The summed E-state index contributed by atoms with van der Waals surface area (Å²) in [7, 11) is 0. The van der Waals surface area contributed by atoms with Crippen LogP contribution in [0.3, 0.4) is 0 Å². The SMILES string of the molecule is CC1(C)c2[c-]c(ccc2)-n2ccc(n2)C(=O)c2ccn(n2)-c2[c-]c1ccc2.CC1(C)c2[c-]c(ccc2)-n2ccc(n2)C(C#N)c2ccn(n2)-c2[c-]c1ccc2.CC1(C)c2[c-]c(ccc2)-n2ccc(n2)C(c2ccccc2)(c2ccccc2)c2ccn(n2)-c2[c-]c1ccc2.CC1(C)c2[c-]c(ccc2)-n2ccc(n2)Cc2ccn(n2)-c2[c-]c1ccc2.[Pt+2].[Pt+2].[Pt+2].[Pt+2]. The predicted molar refractivity (Wildman–Crippen MR) is 453 cm³/mol. The van der Waals surface area contributed by atoms with E-state index in [0.717, 1.165) is 124 Å². The van der Waals surface area contributed by atoms with Crippen LogP contribution in [0.1, 0.15) is 167 Å². The summed E-state index contributed by atoms with van der Waals surface area (Å²) in [6.07, 6.45) is 16.0. The van der Waals surface area contributed by atoms with E-state index in [2.05, 4.69) is 276 Å². The van der Waals surface area contributed by atoms with Crippen LogP contribution < -0.4 is 0 Å². The Labute approximate surface area is 772 Å². The second-order valence-electron chi connectivity index (χ2n) is 32.1. The van der Waals surface area contributed by atoms with Gasteiger partial charge in [-0.1, -0.05) is 116 Å². The van der Waals surface area contributed by atoms with E-state index in [9.17, 15) is 10.1 Å². The van der Waals surface area contributed by atoms with Gasteiger partial charge in [0.25, 0.3) is 0 Å². The van der Waals surface area contributed by atoms with E-state index in [4.69, 9.17) is 20.4 Å². The van der Waals surface area contributed by atoms with Gasteiger partial charge in [-0.25, -0.2) is 0 Å². The first-order valence-electron chi connectivity index (χ1n) is 39.5. The summed E-state index contributed by atoms with van der Waals surface area (Å²) in [6.45, 7) is 17.5. The molecule has 0 amide bonds. The first-order chi connectivity index (χ1) is 57.7. The van der Waals surface area contributed by atoms with E-state index in [1.807, 2.05) is 153 Å². The van der Waals surface area contributed by atoms with Crippen molar-refractivity contribution in [2.75, 3.05) is 0 Å². The van der Waals surface area contributed by atoms with Gasteiger partial charge in [-0.05, 0) is 127 Å². The number of carbonyl (C=O) groups excluding carboxylic acids is 1. The Kier molecular flexibility index (Phi) is 24.1. The maximum Gasteiger partial charge on any atom is 2.00 e. The van der Waals surface area contributed by atoms with Crippen molar-refractivity contribution in [3.63, 3.8) is 0 Å². The molecule has 0 atom stereocenters. The Balaban J connectivity index is 0.000000127. The van der Waals surface area contributed by atoms with Crippen LogP contribution in [0, 0.1) is 59.9 Å². The molecule has 4 aliphatic heterocycles. The fourth-order valence-corrected chi connectivity index (χ4v) is 16.0. The topological polar surface area (TPSA) is 183 Å². The molecule has 123 heavy (non-hydrogen) atoms. The molecule has 0 saturated carbocycles. The molecule has 32 bridgehead atoms. The molecule has 0 spiro atoms. The minimum Gasteiger partial charge on any atom is -0.285 e. The van der Waals surface area contributed by atoms with Gasteiger partial charge < -0.3 is 0 Å². The number of fused-ring (bicyclic) bond motifs is 40. The molecule has 22 heteroatoms. The summed E-state index contributed by atoms with van der Waals surface area (Å²) in [6, 6.07) is 116. The molecule has 0 aliphatic carbocycles. The van der Waals surface area contributed by atoms with Crippen molar-refractivity contribution in [2.45, 2.75) is 94.8 Å². The molecule has 10 aromatic carbocycles. The number of aromatic nitrogens is 16. The molecule has 0 radical (unpaired) electrons. The van der Waals surface area contributed by atoms with E-state index < -0.39 is 11.3 Å². The van der Waals surface area contributed by atoms with Gasteiger partial charge in [0.15, 0.2) is 0 Å². The number of ketones is 1. The van der Waals surface area contributed by atoms with E-state index in [1.165, 1.54) is 0 Å². The van der Waals surface area contributed by atoms with Gasteiger partial charge in [0, 0.05) is 56.0 Å². The molecule has 4 aliphatic rings. The molecule has 18 nitrogen and oxygen atoms in total. The van der Waals surface area contributed by atoms with Crippen LogP contribution in [0.15, 0.2) is 304 Å². The van der Waals surface area contributed by atoms with Gasteiger partial charge >= 0.3 is 84.3 Å². The van der Waals surface area contributed by atoms with Crippen LogP contribution in [-0.2, 0) is 118 Å². The molecule has 0 fully saturated rings. The zero-order valence-electron chi connectivity index (χ0n) is 67.9. The maximum absolute atomic E-state index is 12.7. The summed E-state index contributed by atoms with van der Waals surface area (Å²) in [5, 5.41) is 47.8. The van der Waals surface area contributed by atoms with Gasteiger partial charge in [0.1, 0.15) is 22.7 Å². The number of nitriles is 1. The molecule has 612 valence electrons. The second kappa shape index (κ2) is 34.6. The van der Waals surface area contributed by atoms with Gasteiger partial charge in [-0.15, -0.1) is 48.5 Å². The van der Waals surface area contributed by atoms with Crippen molar-refractivity contribution in [3.8, 4) is 51.6 Å². The first-order valence-corrected chi connectivity index (χ1v) is 39.5. The molecule has 0 N–H and O–H groups in total. The van der Waals surface area contributed by atoms with Crippen LogP contribution in [0.5, 0.6) is 0 Å². The average molecular weight is 2330 g/mol. The smallest absolute Gasteiger partial charge is 0.285 e. The summed E-state index contributed by atoms with van der Waals surface area (Å²) in [5.41, 5.74) is 21.6. The van der Waals surface area contributed by atoms with E-state index in [1.54, 1.807) is 43.3 Å². The first kappa shape index (κ1) is 85.8. The number of rotatable bonds is 2. The Morgan fingerprint density at radius 3 is 0.813 bits per heavy atom. The molecule has 22 rings (SSSR count). The van der Waals surface area contributed by atoms with Crippen LogP contribution in [0.25, 0.3) is 45.5 Å². The van der Waals surface area contributed by atoms with Crippen LogP contribution >= 0.6 is 0 Å². The third kappa shape index (κ3) is 16.1. The third-order valence-corrected chi connectivity index (χ3v) is 23.2. The average Bonchev–Trinajstić information content (AvgIpc) is 1.65. The van der Waals surface area contributed by atoms with Gasteiger partial charge in [-0.2, -0.15) is 236 Å². The summed E-state index contributed by atoms with van der Waals surface area (Å²) in [4.78, 5) is 12.7. The maximum atomic E-state index is 12.7. The number of hydrogen-bond donors (Lipinski definition) is 0. The summed E-state index contributed by atoms with van der Waals surface area (Å²) in [5.74, 6) is -0.745. The largest absolute Gasteiger partial charge is 2.00 e. The van der Waals surface area contributed by atoms with Crippen LogP contribution in [0.2, 0.25) is 0 Å². The molecule has 18 aromatic rings. The Morgan fingerprint density at radius 1 is 0.285 bits per heavy atom. The fourth-order valence-electron chi connectivity index (χ4n) is 16.0. The van der Waals surface area contributed by atoms with Crippen molar-refractivity contribution in [3.05, 3.63) is 454 Å². The number of carbonyl (C=O) groups is 1. The Hall–Kier alpha value is -12.2. The molecule has 0 unspecified atom stereocenters. The number of hydrogen-bond acceptors (Lipinski definition) is 10. The molecule has 8 aromatic heterocycles. The minimum atomic E-state index is -0.725. The molecule has 0 saturated heterocycles. The predicted octanol–water partition coefficient (Wildman–Crippen LogP) is 18.0. The summed E-state index contributed by atoms with van der Waals surface area (Å²) < 4.78 is 14.5. The van der Waals surface area contributed by atoms with E-state index in [-0.39, 0.29) is 112 Å². The number of benzene rings is 10. The van der Waals surface area contributed by atoms with Gasteiger partial charge in [-0.3, -0.25) is 42.2 Å². The normalized spacial score (nSPS) is 14.3. The molecule has 12 heterocycles. The Bertz CT molecular complexity index is 6510. The van der Waals surface area contributed by atoms with Crippen molar-refractivity contribution in [1.82, 2.24) is 78.2 Å². The third-order valence-electron chi connectivity index (χ3n) is 23.2. The van der Waals surface area contributed by atoms with Gasteiger partial charge in [0.2, 0.25) is 5.78 Å². The van der Waals surface area contributed by atoms with Crippen molar-refractivity contribution in [2.24, 2.45) is 0 Å². The van der Waals surface area contributed by atoms with E-state index >= 15 is 0 Å². The van der Waals surface area contributed by atoms with Crippen molar-refractivity contribution >= 4 is 5.78 Å². The van der Waals surface area contributed by atoms with Crippen molar-refractivity contribution in [1.29, 1.82) is 5.26 Å². The van der Waals surface area contributed by atoms with Crippen molar-refractivity contribution < 1.29 is 89.1 Å². The number of nitrogens with zero attached hydrogens (tertiary/aromatic N) is 17. The van der Waals surface area contributed by atoms with E-state index in [0.29, 0.717) is 29.2 Å². The fraction of sp³-hybridized carbons (Fsp3) is 0.149. The second-order valence-corrected chi connectivity index (χ2v) is 32.1. The standard InChI is InChI=1S/C34H26N4.C23H17N5.C22H16N4O.C22H18N4.4Pt/c1-33(2)27-15-9-17-29(23-27)37-21-19-31(35-37)34(25-11-5-3-6-12-25,26-13-7-4-8-14-26)32-20-22-38(36-32)30-18-10-16-28(33)24-30;1-23(2)16-5-3-7-18(13-16)27-11-9-21(25-27)20(15-24)22-10-12-28(26-22)19-8-4-6-17(23)14-19;1-22(2)15-5-3-7-17(13-15)25-11-9-19(23-25)21(27)20-10-12-26(24-20)18-8-4-6-16(22)14-18;1-22(2)16-5-3-7-20(13-16)25-11-9-18(23-25)15-19-10-12-26(24-19)21-8-4-6-17(22)14-21;;;;/h3-22H,1-2H3;3-12,20H,1-2H3;3-12H,1-2H3;3-12H,15H2,1-2H3;;;;/q4*-2;4*+2. The monoisotopic (exact) mass is 2320 g/mol. The molecular formula is C101H77N17OPt4. The zero-order chi connectivity index (χ0) is 81.4. The molecular weight excluding hydrogens is 2250 g/mol. The minimum absolute atomic E-state index is 0. The van der Waals surface area contributed by atoms with Crippen LogP contribution in [0.4, 0.5) is 0 Å². The zero-order valence-corrected chi connectivity index (χ0v) is 77.0. The Morgan fingerprint density at radius 2 is 0.528 bits per heavy atom. The quantitative estimate of drug-likeness (QED) is 0.151. The summed E-state index contributed by atoms with van der Waals surface area (Å²) >= 11 is 0.